The Kier molecular flexibility index (Phi) is 7.60. The topological polar surface area (TPSA) is 70.4 Å². The Morgan fingerprint density at radius 1 is 0.943 bits per heavy atom. The highest BCUT2D eigenvalue weighted by molar-refractivity contribution is 6.06. The van der Waals surface area contributed by atoms with Crippen LogP contribution in [0.1, 0.15) is 48.5 Å². The summed E-state index contributed by atoms with van der Waals surface area (Å²) in [4.78, 5) is 28.8. The minimum atomic E-state index is -0.193. The number of esters is 1. The van der Waals surface area contributed by atoms with E-state index in [4.69, 9.17) is 9.72 Å². The van der Waals surface area contributed by atoms with E-state index in [1.807, 2.05) is 36.4 Å². The molecule has 4 aromatic rings. The third kappa shape index (κ3) is 5.60. The molecule has 0 saturated heterocycles. The van der Waals surface area contributed by atoms with Crippen LogP contribution in [0.5, 0.6) is 5.75 Å². The van der Waals surface area contributed by atoms with Crippen molar-refractivity contribution in [2.45, 2.75) is 39.5 Å². The maximum absolute atomic E-state index is 12.6. The van der Waals surface area contributed by atoms with Crippen LogP contribution in [0.15, 0.2) is 66.7 Å². The standard InChI is InChI=1S/C29H30N2O4/c1-20-13-15-23(16-14-20)31-26-19-24(35-17-9-5-8-12-27(33)34-3)18-25(21(2)32)28(26)30-29(31)22-10-6-4-7-11-22/h4,6-7,10-11,13-16,18-19H,5,8-9,12,17H2,1-3H3. The van der Waals surface area contributed by atoms with E-state index in [1.54, 1.807) is 13.0 Å². The van der Waals surface area contributed by atoms with E-state index in [1.165, 1.54) is 12.7 Å². The molecule has 6 nitrogen and oxygen atoms in total. The van der Waals surface area contributed by atoms with Crippen molar-refractivity contribution in [1.29, 1.82) is 0 Å². The molecule has 4 rings (SSSR count). The second-order valence-electron chi connectivity index (χ2n) is 8.60. The van der Waals surface area contributed by atoms with E-state index in [0.29, 0.717) is 29.9 Å². The van der Waals surface area contributed by atoms with Crippen LogP contribution >= 0.6 is 0 Å². The summed E-state index contributed by atoms with van der Waals surface area (Å²) >= 11 is 0. The van der Waals surface area contributed by atoms with Gasteiger partial charge in [-0.25, -0.2) is 4.98 Å². The number of hydrogen-bond acceptors (Lipinski definition) is 5. The number of rotatable bonds is 10. The monoisotopic (exact) mass is 470 g/mol. The molecule has 0 bridgehead atoms. The van der Waals surface area contributed by atoms with Gasteiger partial charge in [0.1, 0.15) is 17.1 Å². The van der Waals surface area contributed by atoms with Gasteiger partial charge in [0, 0.05) is 29.3 Å². The van der Waals surface area contributed by atoms with Gasteiger partial charge >= 0.3 is 5.97 Å². The molecule has 0 atom stereocenters. The molecule has 0 radical (unpaired) electrons. The maximum atomic E-state index is 12.6. The zero-order valence-corrected chi connectivity index (χ0v) is 20.4. The maximum Gasteiger partial charge on any atom is 0.305 e. The van der Waals surface area contributed by atoms with E-state index in [-0.39, 0.29) is 11.8 Å². The molecule has 0 aliphatic rings. The number of Topliss-reactive ketones (excluding diaryl/α,β-unsaturated/α-hetero) is 1. The smallest absolute Gasteiger partial charge is 0.305 e. The van der Waals surface area contributed by atoms with E-state index < -0.39 is 0 Å². The minimum absolute atomic E-state index is 0.0632. The Hall–Kier alpha value is -3.93. The first kappa shape index (κ1) is 24.2. The Labute approximate surface area is 205 Å². The molecule has 1 aromatic heterocycles. The van der Waals surface area contributed by atoms with Gasteiger partial charge in [0.2, 0.25) is 0 Å². The van der Waals surface area contributed by atoms with Gasteiger partial charge in [0.25, 0.3) is 0 Å². The Bertz CT molecular complexity index is 1320. The number of carbonyl (C=O) groups excluding carboxylic acids is 2. The van der Waals surface area contributed by atoms with Crippen LogP contribution < -0.4 is 4.74 Å². The summed E-state index contributed by atoms with van der Waals surface area (Å²) < 4.78 is 12.8. The molecular formula is C29H30N2O4. The molecule has 0 spiro atoms. The molecule has 1 heterocycles. The Morgan fingerprint density at radius 3 is 2.37 bits per heavy atom. The number of imidazole rings is 1. The highest BCUT2D eigenvalue weighted by atomic mass is 16.5. The average molecular weight is 471 g/mol. The lowest BCUT2D eigenvalue weighted by molar-refractivity contribution is -0.140. The molecule has 35 heavy (non-hydrogen) atoms. The first-order chi connectivity index (χ1) is 17.0. The van der Waals surface area contributed by atoms with Gasteiger partial charge in [0.15, 0.2) is 5.78 Å². The molecule has 0 fully saturated rings. The van der Waals surface area contributed by atoms with Crippen LogP contribution in [0.2, 0.25) is 0 Å². The lowest BCUT2D eigenvalue weighted by atomic mass is 10.1. The molecule has 0 amide bonds. The molecule has 0 N–H and O–H groups in total. The molecule has 0 aliphatic carbocycles. The van der Waals surface area contributed by atoms with Gasteiger partial charge < -0.3 is 9.47 Å². The predicted octanol–water partition coefficient (Wildman–Crippen LogP) is 6.32. The number of nitrogens with zero attached hydrogens (tertiary/aromatic N) is 2. The molecule has 0 aliphatic heterocycles. The summed E-state index contributed by atoms with van der Waals surface area (Å²) in [6, 6.07) is 22.0. The van der Waals surface area contributed by atoms with E-state index in [0.717, 1.165) is 41.9 Å². The molecule has 0 unspecified atom stereocenters. The quantitative estimate of drug-likeness (QED) is 0.154. The number of ketones is 1. The summed E-state index contributed by atoms with van der Waals surface area (Å²) in [7, 11) is 1.40. The lowest BCUT2D eigenvalue weighted by Crippen LogP contribution is -2.03. The number of ether oxygens (including phenoxy) is 2. The zero-order valence-electron chi connectivity index (χ0n) is 20.4. The fourth-order valence-electron chi connectivity index (χ4n) is 4.08. The number of fused-ring (bicyclic) bond motifs is 1. The van der Waals surface area contributed by atoms with Gasteiger partial charge in [-0.1, -0.05) is 48.0 Å². The second-order valence-corrected chi connectivity index (χ2v) is 8.60. The number of hydrogen-bond donors (Lipinski definition) is 0. The number of aryl methyl sites for hydroxylation is 1. The van der Waals surface area contributed by atoms with Crippen molar-refractivity contribution in [3.63, 3.8) is 0 Å². The van der Waals surface area contributed by atoms with Crippen molar-refractivity contribution in [2.75, 3.05) is 13.7 Å². The summed E-state index contributed by atoms with van der Waals surface area (Å²) in [5.74, 6) is 1.14. The highest BCUT2D eigenvalue weighted by Crippen LogP contribution is 2.33. The van der Waals surface area contributed by atoms with Crippen LogP contribution in [0, 0.1) is 6.92 Å². The Balaban J connectivity index is 1.72. The van der Waals surface area contributed by atoms with Crippen molar-refractivity contribution in [1.82, 2.24) is 9.55 Å². The Morgan fingerprint density at radius 2 is 1.69 bits per heavy atom. The molecule has 0 saturated carbocycles. The largest absolute Gasteiger partial charge is 0.493 e. The summed E-state index contributed by atoms with van der Waals surface area (Å²) in [5.41, 5.74) is 5.10. The second kappa shape index (κ2) is 11.0. The van der Waals surface area contributed by atoms with Crippen LogP contribution in [0.25, 0.3) is 28.1 Å². The third-order valence-corrected chi connectivity index (χ3v) is 5.96. The average Bonchev–Trinajstić information content (AvgIpc) is 3.25. The SMILES string of the molecule is COC(=O)CCCCCOc1cc(C(C)=O)c2nc(-c3ccccc3)n(-c3ccc(C)cc3)c2c1. The van der Waals surface area contributed by atoms with Crippen LogP contribution in [0.4, 0.5) is 0 Å². The van der Waals surface area contributed by atoms with E-state index in [2.05, 4.69) is 40.5 Å². The van der Waals surface area contributed by atoms with Crippen molar-refractivity contribution >= 4 is 22.8 Å². The van der Waals surface area contributed by atoms with Crippen molar-refractivity contribution in [2.24, 2.45) is 0 Å². The van der Waals surface area contributed by atoms with Crippen molar-refractivity contribution in [3.8, 4) is 22.8 Å². The van der Waals surface area contributed by atoms with Crippen LogP contribution in [0.3, 0.4) is 0 Å². The minimum Gasteiger partial charge on any atom is -0.493 e. The lowest BCUT2D eigenvalue weighted by Gasteiger charge is -2.12. The number of unbranched alkanes of at least 4 members (excludes halogenated alkanes) is 2. The van der Waals surface area contributed by atoms with Crippen molar-refractivity contribution < 1.29 is 19.1 Å². The van der Waals surface area contributed by atoms with Gasteiger partial charge in [0.05, 0.1) is 19.2 Å². The van der Waals surface area contributed by atoms with Crippen LogP contribution in [-0.2, 0) is 9.53 Å². The molecular weight excluding hydrogens is 440 g/mol. The normalized spacial score (nSPS) is 10.9. The number of benzene rings is 3. The van der Waals surface area contributed by atoms with Gasteiger partial charge in [-0.2, -0.15) is 0 Å². The van der Waals surface area contributed by atoms with E-state index >= 15 is 0 Å². The van der Waals surface area contributed by atoms with Gasteiger partial charge in [-0.3, -0.25) is 14.2 Å². The van der Waals surface area contributed by atoms with Crippen molar-refractivity contribution in [3.05, 3.63) is 77.9 Å². The fourth-order valence-corrected chi connectivity index (χ4v) is 4.08. The molecule has 6 heteroatoms. The number of carbonyl (C=O) groups is 2. The zero-order chi connectivity index (χ0) is 24.8. The first-order valence-electron chi connectivity index (χ1n) is 11.9. The predicted molar refractivity (Wildman–Crippen MR) is 137 cm³/mol. The molecule has 180 valence electrons. The third-order valence-electron chi connectivity index (χ3n) is 5.96. The van der Waals surface area contributed by atoms with Gasteiger partial charge in [-0.15, -0.1) is 0 Å². The van der Waals surface area contributed by atoms with Crippen LogP contribution in [-0.4, -0.2) is 35.0 Å². The fraction of sp³-hybridized carbons (Fsp3) is 0.276. The summed E-state index contributed by atoms with van der Waals surface area (Å²) in [6.07, 6.45) is 2.83. The summed E-state index contributed by atoms with van der Waals surface area (Å²) in [5, 5.41) is 0. The highest BCUT2D eigenvalue weighted by Gasteiger charge is 2.20. The summed E-state index contributed by atoms with van der Waals surface area (Å²) in [6.45, 7) is 4.10. The number of aromatic nitrogens is 2. The number of methoxy groups -OCH3 is 1. The van der Waals surface area contributed by atoms with E-state index in [9.17, 15) is 9.59 Å². The molecule has 3 aromatic carbocycles. The first-order valence-corrected chi connectivity index (χ1v) is 11.9. The van der Waals surface area contributed by atoms with Gasteiger partial charge in [-0.05, 0) is 51.3 Å².